The van der Waals surface area contributed by atoms with Crippen LogP contribution in [-0.4, -0.2) is 86.3 Å². The van der Waals surface area contributed by atoms with Gasteiger partial charge in [-0.3, -0.25) is 9.59 Å². The van der Waals surface area contributed by atoms with Crippen LogP contribution in [0.25, 0.3) is 10.9 Å². The number of unbranched alkanes of at least 4 members (excludes halogenated alkanes) is 1. The van der Waals surface area contributed by atoms with E-state index in [0.717, 1.165) is 46.8 Å². The highest BCUT2D eigenvalue weighted by atomic mass is 16.6. The van der Waals surface area contributed by atoms with Crippen LogP contribution in [0.3, 0.4) is 0 Å². The number of benzene rings is 1. The zero-order valence-electron chi connectivity index (χ0n) is 25.3. The number of carbonyl (C=O) groups excluding carboxylic acids is 4. The number of urea groups is 1. The highest BCUT2D eigenvalue weighted by Crippen LogP contribution is 2.29. The van der Waals surface area contributed by atoms with Crippen molar-refractivity contribution in [3.8, 4) is 5.75 Å². The number of aromatic nitrogens is 1. The molecule has 0 bridgehead atoms. The van der Waals surface area contributed by atoms with E-state index in [-0.39, 0.29) is 24.8 Å². The van der Waals surface area contributed by atoms with E-state index in [1.165, 1.54) is 0 Å². The fraction of sp³-hybridized carbons (Fsp3) is 0.586. The number of nitrogens with two attached hydrogens (primary N) is 1. The van der Waals surface area contributed by atoms with Crippen LogP contribution in [0.2, 0.25) is 0 Å². The Hall–Kier alpha value is -3.80. The number of fused-ring (bicyclic) bond motifs is 1. The van der Waals surface area contributed by atoms with Gasteiger partial charge >= 0.3 is 12.1 Å². The third kappa shape index (κ3) is 11.3. The number of aromatic amines is 1. The lowest BCUT2D eigenvalue weighted by Gasteiger charge is -2.25. The van der Waals surface area contributed by atoms with Gasteiger partial charge in [-0.1, -0.05) is 33.3 Å². The van der Waals surface area contributed by atoms with E-state index in [0.29, 0.717) is 18.7 Å². The smallest absolute Gasteiger partial charge is 0.410 e. The quantitative estimate of drug-likeness (QED) is 0.133. The van der Waals surface area contributed by atoms with Crippen LogP contribution >= 0.6 is 0 Å². The normalized spacial score (nSPS) is 13.0. The van der Waals surface area contributed by atoms with E-state index in [1.54, 1.807) is 12.1 Å². The van der Waals surface area contributed by atoms with Crippen molar-refractivity contribution in [2.45, 2.75) is 65.0 Å². The fourth-order valence-electron chi connectivity index (χ4n) is 4.30. The summed E-state index contributed by atoms with van der Waals surface area (Å²) in [5, 5.41) is 11.6. The van der Waals surface area contributed by atoms with Crippen molar-refractivity contribution in [2.75, 3.05) is 40.8 Å². The molecule has 7 N–H and O–H groups in total. The SMILES string of the molecule is CCCCNC(=O)[C@H](NC(=O)[C@@H](CCCNC(N)=O)NC(=O)Oc1cccc2[nH]cc(CC[N+](C)(C)C)c12)C(C)C. The van der Waals surface area contributed by atoms with Gasteiger partial charge in [-0.15, -0.1) is 0 Å². The molecular weight excluding hydrogens is 526 g/mol. The maximum Gasteiger partial charge on any atom is 0.413 e. The van der Waals surface area contributed by atoms with Gasteiger partial charge in [0.25, 0.3) is 0 Å². The first-order valence-electron chi connectivity index (χ1n) is 14.3. The summed E-state index contributed by atoms with van der Waals surface area (Å²) in [4.78, 5) is 53.5. The number of nitrogens with zero attached hydrogens (tertiary/aromatic N) is 1. The molecule has 228 valence electrons. The summed E-state index contributed by atoms with van der Waals surface area (Å²) < 4.78 is 6.51. The molecule has 1 aromatic heterocycles. The Kier molecular flexibility index (Phi) is 12.9. The first-order valence-corrected chi connectivity index (χ1v) is 14.3. The average molecular weight is 575 g/mol. The molecule has 0 aliphatic carbocycles. The van der Waals surface area contributed by atoms with Crippen LogP contribution in [0.1, 0.15) is 52.0 Å². The van der Waals surface area contributed by atoms with E-state index in [9.17, 15) is 19.2 Å². The molecule has 0 aliphatic heterocycles. The number of primary amides is 1. The highest BCUT2D eigenvalue weighted by Gasteiger charge is 2.29. The van der Waals surface area contributed by atoms with Gasteiger partial charge in [-0.05, 0) is 42.9 Å². The maximum atomic E-state index is 13.3. The van der Waals surface area contributed by atoms with Crippen molar-refractivity contribution in [3.05, 3.63) is 30.0 Å². The minimum atomic E-state index is -1.01. The number of rotatable bonds is 16. The molecule has 41 heavy (non-hydrogen) atoms. The van der Waals surface area contributed by atoms with Gasteiger partial charge in [-0.25, -0.2) is 9.59 Å². The van der Waals surface area contributed by atoms with Gasteiger partial charge in [0.2, 0.25) is 11.8 Å². The molecule has 0 saturated carbocycles. The molecular formula is C29H48N7O5+. The minimum absolute atomic E-state index is 0.180. The van der Waals surface area contributed by atoms with E-state index >= 15 is 0 Å². The Bertz CT molecular complexity index is 1170. The Morgan fingerprint density at radius 2 is 1.71 bits per heavy atom. The standard InChI is InChI=1S/C29H47N7O5/c1-7-8-15-31-27(38)25(19(2)3)35-26(37)22(12-10-16-32-28(30)39)34-29(40)41-23-13-9-11-21-24(23)20(18-33-21)14-17-36(4,5)6/h9,11,13,18-19,22,25,33H,7-8,10,12,14-17H2,1-6H3,(H5-,30,31,32,34,35,37,38,39,40)/p+1/t22-,25-/m1/s1. The van der Waals surface area contributed by atoms with Crippen LogP contribution in [0.15, 0.2) is 24.4 Å². The van der Waals surface area contributed by atoms with Crippen LogP contribution in [0.4, 0.5) is 9.59 Å². The predicted octanol–water partition coefficient (Wildman–Crippen LogP) is 2.38. The van der Waals surface area contributed by atoms with Crippen LogP contribution < -0.4 is 31.7 Å². The minimum Gasteiger partial charge on any atom is -0.410 e. The maximum absolute atomic E-state index is 13.3. The second-order valence-corrected chi connectivity index (χ2v) is 11.7. The molecule has 0 fully saturated rings. The zero-order valence-corrected chi connectivity index (χ0v) is 25.3. The lowest BCUT2D eigenvalue weighted by molar-refractivity contribution is -0.870. The van der Waals surface area contributed by atoms with E-state index in [1.807, 2.05) is 33.0 Å². The molecule has 0 spiro atoms. The molecule has 1 aromatic carbocycles. The van der Waals surface area contributed by atoms with Gasteiger partial charge in [0.1, 0.15) is 17.8 Å². The Morgan fingerprint density at radius 1 is 1.00 bits per heavy atom. The molecule has 0 aliphatic rings. The number of likely N-dealkylation sites (N-methyl/N-ethyl adjacent to an activating group) is 1. The summed E-state index contributed by atoms with van der Waals surface area (Å²) >= 11 is 0. The summed E-state index contributed by atoms with van der Waals surface area (Å²) in [5.41, 5.74) is 7.01. The van der Waals surface area contributed by atoms with E-state index in [2.05, 4.69) is 47.4 Å². The second kappa shape index (κ2) is 15.8. The predicted molar refractivity (Wildman–Crippen MR) is 159 cm³/mol. The van der Waals surface area contributed by atoms with Crippen molar-refractivity contribution >= 4 is 34.8 Å². The Balaban J connectivity index is 2.19. The first-order chi connectivity index (χ1) is 19.3. The molecule has 12 heteroatoms. The van der Waals surface area contributed by atoms with Crippen molar-refractivity contribution in [3.63, 3.8) is 0 Å². The fourth-order valence-corrected chi connectivity index (χ4v) is 4.30. The van der Waals surface area contributed by atoms with Crippen molar-refractivity contribution in [1.29, 1.82) is 0 Å². The van der Waals surface area contributed by atoms with E-state index < -0.39 is 30.1 Å². The number of amides is 5. The van der Waals surface area contributed by atoms with Crippen molar-refractivity contribution < 1.29 is 28.4 Å². The van der Waals surface area contributed by atoms with Gasteiger partial charge in [0.15, 0.2) is 0 Å². The Morgan fingerprint density at radius 3 is 2.34 bits per heavy atom. The van der Waals surface area contributed by atoms with Crippen LogP contribution in [-0.2, 0) is 16.0 Å². The molecule has 2 aromatic rings. The molecule has 0 unspecified atom stereocenters. The zero-order chi connectivity index (χ0) is 30.6. The average Bonchev–Trinajstić information content (AvgIpc) is 3.31. The Labute approximate surface area is 242 Å². The number of quaternary nitrogens is 1. The number of ether oxygens (including phenoxy) is 1. The lowest BCUT2D eigenvalue weighted by atomic mass is 10.0. The summed E-state index contributed by atoms with van der Waals surface area (Å²) in [7, 11) is 6.34. The molecule has 0 radical (unpaired) electrons. The molecule has 2 atom stereocenters. The van der Waals surface area contributed by atoms with Crippen LogP contribution in [0.5, 0.6) is 5.75 Å². The van der Waals surface area contributed by atoms with Crippen molar-refractivity contribution in [1.82, 2.24) is 26.3 Å². The summed E-state index contributed by atoms with van der Waals surface area (Å²) in [5.74, 6) is -0.600. The molecule has 2 rings (SSSR count). The number of hydrogen-bond acceptors (Lipinski definition) is 5. The van der Waals surface area contributed by atoms with Crippen molar-refractivity contribution in [2.24, 2.45) is 11.7 Å². The van der Waals surface area contributed by atoms with E-state index in [4.69, 9.17) is 10.5 Å². The number of carbonyl (C=O) groups is 4. The first kappa shape index (κ1) is 33.4. The molecule has 12 nitrogen and oxygen atoms in total. The monoisotopic (exact) mass is 574 g/mol. The third-order valence-electron chi connectivity index (χ3n) is 6.66. The largest absolute Gasteiger partial charge is 0.413 e. The number of nitrogens with one attached hydrogen (secondary N) is 5. The summed E-state index contributed by atoms with van der Waals surface area (Å²) in [6.07, 6.45) is 4.21. The molecule has 0 saturated heterocycles. The van der Waals surface area contributed by atoms with Gasteiger partial charge in [-0.2, -0.15) is 0 Å². The third-order valence-corrected chi connectivity index (χ3v) is 6.66. The second-order valence-electron chi connectivity index (χ2n) is 11.7. The number of H-pyrrole nitrogens is 1. The van der Waals surface area contributed by atoms with Gasteiger partial charge < -0.3 is 41.2 Å². The summed E-state index contributed by atoms with van der Waals surface area (Å²) in [6, 6.07) is 2.95. The molecule has 5 amide bonds. The summed E-state index contributed by atoms with van der Waals surface area (Å²) in [6.45, 7) is 7.33. The van der Waals surface area contributed by atoms with Crippen LogP contribution in [0, 0.1) is 5.92 Å². The lowest BCUT2D eigenvalue weighted by Crippen LogP contribution is -2.56. The van der Waals surface area contributed by atoms with Gasteiger partial charge in [0.05, 0.1) is 27.7 Å². The van der Waals surface area contributed by atoms with Gasteiger partial charge in [0, 0.05) is 36.6 Å². The topological polar surface area (TPSA) is 167 Å². The highest BCUT2D eigenvalue weighted by molar-refractivity contribution is 5.93. The number of hydrogen-bond donors (Lipinski definition) is 6. The molecule has 1 heterocycles.